The zero-order valence-corrected chi connectivity index (χ0v) is 14.8. The average molecular weight is 311 g/mol. The summed E-state index contributed by atoms with van der Waals surface area (Å²) in [4.78, 5) is 13.9. The van der Waals surface area contributed by atoms with Crippen LogP contribution in [0.15, 0.2) is 6.07 Å². The van der Waals surface area contributed by atoms with Crippen molar-refractivity contribution in [3.05, 3.63) is 17.0 Å². The molecule has 1 aromatic rings. The number of piperazine rings is 1. The van der Waals surface area contributed by atoms with Crippen molar-refractivity contribution >= 4 is 17.4 Å². The molecule has 2 rings (SSSR count). The number of hydrogen-bond donors (Lipinski definition) is 0. The zero-order valence-electron chi connectivity index (χ0n) is 14.1. The van der Waals surface area contributed by atoms with Crippen LogP contribution in [-0.2, 0) is 5.41 Å². The second kappa shape index (κ2) is 5.73. The summed E-state index contributed by atoms with van der Waals surface area (Å²) >= 11 is 6.19. The van der Waals surface area contributed by atoms with Crippen molar-refractivity contribution in [2.24, 2.45) is 0 Å². The van der Waals surface area contributed by atoms with E-state index in [1.807, 2.05) is 6.07 Å². The second-order valence-corrected chi connectivity index (χ2v) is 8.15. The standard InChI is InChI=1S/C16H27ClN4/c1-15(2,3)14-18-12(17)11-13(19-14)20-7-9-21(10-8-20)16(4,5)6/h11H,7-10H2,1-6H3. The molecule has 1 aliphatic rings. The number of nitrogens with zero attached hydrogens (tertiary/aromatic N) is 4. The van der Waals surface area contributed by atoms with Crippen LogP contribution in [0.1, 0.15) is 47.4 Å². The Morgan fingerprint density at radius 2 is 1.52 bits per heavy atom. The number of hydrogen-bond acceptors (Lipinski definition) is 4. The van der Waals surface area contributed by atoms with Gasteiger partial charge in [0.25, 0.3) is 0 Å². The second-order valence-electron chi connectivity index (χ2n) is 7.77. The molecule has 1 aliphatic heterocycles. The molecule has 0 aromatic carbocycles. The van der Waals surface area contributed by atoms with Gasteiger partial charge in [0.15, 0.2) is 0 Å². The lowest BCUT2D eigenvalue weighted by Gasteiger charge is -2.42. The average Bonchev–Trinajstić information content (AvgIpc) is 2.36. The van der Waals surface area contributed by atoms with E-state index in [-0.39, 0.29) is 11.0 Å². The van der Waals surface area contributed by atoms with E-state index >= 15 is 0 Å². The molecule has 0 spiro atoms. The fourth-order valence-corrected chi connectivity index (χ4v) is 2.69. The lowest BCUT2D eigenvalue weighted by Crippen LogP contribution is -2.53. The summed E-state index contributed by atoms with van der Waals surface area (Å²) in [5.74, 6) is 1.76. The van der Waals surface area contributed by atoms with Gasteiger partial charge in [0.2, 0.25) is 0 Å². The van der Waals surface area contributed by atoms with Crippen molar-refractivity contribution in [2.45, 2.75) is 52.5 Å². The van der Waals surface area contributed by atoms with E-state index in [2.05, 4.69) is 56.3 Å². The van der Waals surface area contributed by atoms with Crippen LogP contribution in [0.3, 0.4) is 0 Å². The zero-order chi connectivity index (χ0) is 15.8. The van der Waals surface area contributed by atoms with Crippen LogP contribution in [0.25, 0.3) is 0 Å². The Kier molecular flexibility index (Phi) is 4.50. The molecule has 0 unspecified atom stereocenters. The maximum absolute atomic E-state index is 6.19. The quantitative estimate of drug-likeness (QED) is 0.745. The molecule has 1 fully saturated rings. The van der Waals surface area contributed by atoms with Gasteiger partial charge in [-0.2, -0.15) is 0 Å². The van der Waals surface area contributed by atoms with Crippen LogP contribution in [0.5, 0.6) is 0 Å². The fourth-order valence-electron chi connectivity index (χ4n) is 2.51. The Bertz CT molecular complexity index is 494. The van der Waals surface area contributed by atoms with Crippen LogP contribution in [0, 0.1) is 0 Å². The highest BCUT2D eigenvalue weighted by atomic mass is 35.5. The van der Waals surface area contributed by atoms with Gasteiger partial charge in [0.05, 0.1) is 0 Å². The predicted octanol–water partition coefficient (Wildman–Crippen LogP) is 3.35. The SMILES string of the molecule is CC(C)(C)c1nc(Cl)cc(N2CCN(C(C)(C)C)CC2)n1. The highest BCUT2D eigenvalue weighted by Crippen LogP contribution is 2.25. The maximum atomic E-state index is 6.19. The van der Waals surface area contributed by atoms with Crippen LogP contribution in [-0.4, -0.2) is 46.6 Å². The predicted molar refractivity (Wildman–Crippen MR) is 89.3 cm³/mol. The summed E-state index contributed by atoms with van der Waals surface area (Å²) in [6, 6.07) is 1.88. The van der Waals surface area contributed by atoms with Crippen molar-refractivity contribution in [3.63, 3.8) is 0 Å². The van der Waals surface area contributed by atoms with Gasteiger partial charge in [-0.1, -0.05) is 32.4 Å². The van der Waals surface area contributed by atoms with Crippen LogP contribution < -0.4 is 4.90 Å². The van der Waals surface area contributed by atoms with E-state index in [0.717, 1.165) is 37.8 Å². The van der Waals surface area contributed by atoms with Crippen LogP contribution >= 0.6 is 11.6 Å². The normalized spacial score (nSPS) is 18.1. The summed E-state index contributed by atoms with van der Waals surface area (Å²) in [5.41, 5.74) is 0.138. The Morgan fingerprint density at radius 1 is 0.952 bits per heavy atom. The molecule has 0 amide bonds. The molecule has 0 bridgehead atoms. The van der Waals surface area contributed by atoms with Crippen molar-refractivity contribution in [1.82, 2.24) is 14.9 Å². The van der Waals surface area contributed by atoms with Crippen LogP contribution in [0.4, 0.5) is 5.82 Å². The first kappa shape index (κ1) is 16.5. The molecule has 118 valence electrons. The highest BCUT2D eigenvalue weighted by Gasteiger charge is 2.27. The van der Waals surface area contributed by atoms with Crippen molar-refractivity contribution in [1.29, 1.82) is 0 Å². The Morgan fingerprint density at radius 3 is 2.00 bits per heavy atom. The van der Waals surface area contributed by atoms with E-state index in [1.54, 1.807) is 0 Å². The van der Waals surface area contributed by atoms with Gasteiger partial charge in [0, 0.05) is 43.2 Å². The molecule has 0 radical (unpaired) electrons. The third-order valence-corrected chi connectivity index (χ3v) is 4.10. The van der Waals surface area contributed by atoms with Crippen LogP contribution in [0.2, 0.25) is 5.15 Å². The summed E-state index contributed by atoms with van der Waals surface area (Å²) in [5, 5.41) is 0.531. The summed E-state index contributed by atoms with van der Waals surface area (Å²) in [7, 11) is 0. The lowest BCUT2D eigenvalue weighted by molar-refractivity contribution is 0.128. The van der Waals surface area contributed by atoms with Crippen molar-refractivity contribution in [2.75, 3.05) is 31.1 Å². The smallest absolute Gasteiger partial charge is 0.137 e. The van der Waals surface area contributed by atoms with E-state index in [9.17, 15) is 0 Å². The van der Waals surface area contributed by atoms with Gasteiger partial charge in [-0.15, -0.1) is 0 Å². The molecule has 1 aromatic heterocycles. The minimum Gasteiger partial charge on any atom is -0.354 e. The molecule has 0 saturated carbocycles. The van der Waals surface area contributed by atoms with Gasteiger partial charge < -0.3 is 4.90 Å². The molecule has 21 heavy (non-hydrogen) atoms. The highest BCUT2D eigenvalue weighted by molar-refractivity contribution is 6.29. The van der Waals surface area contributed by atoms with E-state index in [1.165, 1.54) is 0 Å². The largest absolute Gasteiger partial charge is 0.354 e. The molecule has 0 atom stereocenters. The maximum Gasteiger partial charge on any atom is 0.137 e. The Labute approximate surface area is 133 Å². The van der Waals surface area contributed by atoms with Crippen molar-refractivity contribution in [3.8, 4) is 0 Å². The van der Waals surface area contributed by atoms with E-state index in [4.69, 9.17) is 16.6 Å². The first-order valence-electron chi connectivity index (χ1n) is 7.62. The van der Waals surface area contributed by atoms with Gasteiger partial charge in [0.1, 0.15) is 16.8 Å². The summed E-state index contributed by atoms with van der Waals surface area (Å²) in [6.45, 7) is 17.2. The Balaban J connectivity index is 2.16. The van der Waals surface area contributed by atoms with Crippen molar-refractivity contribution < 1.29 is 0 Å². The number of aromatic nitrogens is 2. The van der Waals surface area contributed by atoms with Gasteiger partial charge in [-0.3, -0.25) is 4.90 Å². The van der Waals surface area contributed by atoms with Gasteiger partial charge >= 0.3 is 0 Å². The lowest BCUT2D eigenvalue weighted by atomic mass is 9.96. The number of rotatable bonds is 1. The summed E-state index contributed by atoms with van der Waals surface area (Å²) < 4.78 is 0. The third kappa shape index (κ3) is 4.07. The third-order valence-electron chi connectivity index (χ3n) is 3.90. The first-order chi connectivity index (χ1) is 9.57. The molecule has 2 heterocycles. The van der Waals surface area contributed by atoms with E-state index < -0.39 is 0 Å². The molecule has 4 nitrogen and oxygen atoms in total. The summed E-state index contributed by atoms with van der Waals surface area (Å²) in [6.07, 6.45) is 0. The Hall–Kier alpha value is -0.870. The van der Waals surface area contributed by atoms with Gasteiger partial charge in [-0.25, -0.2) is 9.97 Å². The van der Waals surface area contributed by atoms with E-state index in [0.29, 0.717) is 5.15 Å². The molecular formula is C16H27ClN4. The van der Waals surface area contributed by atoms with Gasteiger partial charge in [-0.05, 0) is 20.8 Å². The molecule has 5 heteroatoms. The topological polar surface area (TPSA) is 32.3 Å². The number of halogens is 1. The molecule has 1 saturated heterocycles. The minimum atomic E-state index is -0.0904. The fraction of sp³-hybridized carbons (Fsp3) is 0.750. The first-order valence-corrected chi connectivity index (χ1v) is 8.00. The monoisotopic (exact) mass is 310 g/mol. The molecular weight excluding hydrogens is 284 g/mol. The number of anilines is 1. The minimum absolute atomic E-state index is 0.0904. The molecule has 0 N–H and O–H groups in total. The molecule has 0 aliphatic carbocycles.